The first-order valence-corrected chi connectivity index (χ1v) is 8.74. The van der Waals surface area contributed by atoms with Crippen LogP contribution in [0.1, 0.15) is 23.3 Å². The van der Waals surface area contributed by atoms with Gasteiger partial charge in [-0.25, -0.2) is 9.18 Å². The third kappa shape index (κ3) is 2.09. The Bertz CT molecular complexity index is 921. The fraction of sp³-hybridized carbons (Fsp3) is 0.375. The van der Waals surface area contributed by atoms with E-state index < -0.39 is 17.2 Å². The van der Waals surface area contributed by atoms with Gasteiger partial charge in [-0.1, -0.05) is 0 Å². The molecule has 3 heterocycles. The fourth-order valence-corrected chi connectivity index (χ4v) is 4.21. The van der Waals surface area contributed by atoms with Crippen LogP contribution in [-0.4, -0.2) is 40.4 Å². The summed E-state index contributed by atoms with van der Waals surface area (Å²) < 4.78 is 22.3. The first-order chi connectivity index (χ1) is 11.5. The van der Waals surface area contributed by atoms with Crippen molar-refractivity contribution in [1.29, 1.82) is 0 Å². The number of carbonyl (C=O) groups is 1. The molecule has 24 heavy (non-hydrogen) atoms. The summed E-state index contributed by atoms with van der Waals surface area (Å²) in [5, 5.41) is 9.31. The molecule has 1 aromatic heterocycles. The maximum Gasteiger partial charge on any atom is 0.341 e. The van der Waals surface area contributed by atoms with E-state index >= 15 is 0 Å². The summed E-state index contributed by atoms with van der Waals surface area (Å²) in [6.45, 7) is 2.87. The predicted molar refractivity (Wildman–Crippen MR) is 90.0 cm³/mol. The van der Waals surface area contributed by atoms with Crippen LogP contribution in [0.2, 0.25) is 0 Å². The molecular formula is C16H15FN2O4S. The average molecular weight is 350 g/mol. The van der Waals surface area contributed by atoms with Gasteiger partial charge in [-0.15, -0.1) is 11.8 Å². The first kappa shape index (κ1) is 15.3. The lowest BCUT2D eigenvalue weighted by Gasteiger charge is -2.30. The Labute approximate surface area is 140 Å². The quantitative estimate of drug-likeness (QED) is 0.896. The number of aromatic nitrogens is 1. The van der Waals surface area contributed by atoms with Crippen molar-refractivity contribution >= 4 is 34.3 Å². The van der Waals surface area contributed by atoms with Gasteiger partial charge in [-0.2, -0.15) is 0 Å². The van der Waals surface area contributed by atoms with Crippen molar-refractivity contribution < 1.29 is 19.0 Å². The molecule has 1 atom stereocenters. The van der Waals surface area contributed by atoms with Crippen LogP contribution in [0.4, 0.5) is 10.1 Å². The van der Waals surface area contributed by atoms with Gasteiger partial charge < -0.3 is 19.3 Å². The monoisotopic (exact) mass is 350 g/mol. The molecule has 0 spiro atoms. The Kier molecular flexibility index (Phi) is 3.45. The van der Waals surface area contributed by atoms with Crippen LogP contribution >= 0.6 is 11.8 Å². The van der Waals surface area contributed by atoms with Gasteiger partial charge in [0.2, 0.25) is 5.43 Å². The van der Waals surface area contributed by atoms with Gasteiger partial charge in [0.25, 0.3) is 0 Å². The highest BCUT2D eigenvalue weighted by Gasteiger charge is 2.30. The minimum atomic E-state index is -1.31. The number of carboxylic acid groups (broad SMARTS) is 1. The van der Waals surface area contributed by atoms with Crippen molar-refractivity contribution in [3.05, 3.63) is 33.9 Å². The van der Waals surface area contributed by atoms with E-state index in [-0.39, 0.29) is 17.0 Å². The Morgan fingerprint density at radius 1 is 1.50 bits per heavy atom. The molecule has 6 nitrogen and oxygen atoms in total. The zero-order valence-electron chi connectivity index (χ0n) is 12.9. The molecule has 0 saturated carbocycles. The van der Waals surface area contributed by atoms with Crippen LogP contribution < -0.4 is 15.1 Å². The van der Waals surface area contributed by atoms with Crippen molar-refractivity contribution in [2.45, 2.75) is 13.0 Å². The number of benzene rings is 1. The second-order valence-electron chi connectivity index (χ2n) is 5.98. The minimum absolute atomic E-state index is 0.0459. The van der Waals surface area contributed by atoms with Gasteiger partial charge in [0.15, 0.2) is 11.6 Å². The molecule has 4 rings (SSSR count). The van der Waals surface area contributed by atoms with E-state index in [9.17, 15) is 19.1 Å². The Hall–Kier alpha value is -2.22. The van der Waals surface area contributed by atoms with E-state index in [0.717, 1.165) is 11.8 Å². The number of aromatic carboxylic acids is 1. The van der Waals surface area contributed by atoms with E-state index in [1.165, 1.54) is 6.20 Å². The third-order valence-corrected chi connectivity index (χ3v) is 5.41. The number of ether oxygens (including phenoxy) is 1. The third-order valence-electron chi connectivity index (χ3n) is 4.44. The summed E-state index contributed by atoms with van der Waals surface area (Å²) in [5.41, 5.74) is -0.215. The molecule has 1 saturated heterocycles. The van der Waals surface area contributed by atoms with Crippen LogP contribution in [0.3, 0.4) is 0 Å². The maximum absolute atomic E-state index is 14.8. The normalized spacial score (nSPS) is 19.6. The van der Waals surface area contributed by atoms with Crippen LogP contribution in [0.5, 0.6) is 5.75 Å². The molecule has 2 aliphatic rings. The number of rotatable bonds is 2. The highest BCUT2D eigenvalue weighted by atomic mass is 32.2. The number of hydrogen-bond acceptors (Lipinski definition) is 5. The zero-order valence-corrected chi connectivity index (χ0v) is 13.7. The van der Waals surface area contributed by atoms with Crippen molar-refractivity contribution in [3.63, 3.8) is 0 Å². The molecule has 1 aromatic carbocycles. The number of nitrogens with zero attached hydrogens (tertiary/aromatic N) is 2. The number of anilines is 1. The molecule has 0 amide bonds. The predicted octanol–water partition coefficient (Wildman–Crippen LogP) is 2.30. The number of hydrogen-bond donors (Lipinski definition) is 1. The topological polar surface area (TPSA) is 71.8 Å². The Morgan fingerprint density at radius 3 is 2.96 bits per heavy atom. The molecule has 2 aromatic rings. The molecule has 0 aliphatic carbocycles. The lowest BCUT2D eigenvalue weighted by Crippen LogP contribution is -2.29. The number of pyridine rings is 1. The largest absolute Gasteiger partial charge is 0.487 e. The van der Waals surface area contributed by atoms with Crippen LogP contribution in [0.25, 0.3) is 10.9 Å². The summed E-state index contributed by atoms with van der Waals surface area (Å²) in [7, 11) is 0. The highest BCUT2D eigenvalue weighted by Crippen LogP contribution is 2.43. The van der Waals surface area contributed by atoms with Crippen molar-refractivity contribution in [3.8, 4) is 5.75 Å². The van der Waals surface area contributed by atoms with Gasteiger partial charge >= 0.3 is 5.97 Å². The number of thioether (sulfide) groups is 1. The molecule has 0 bridgehead atoms. The van der Waals surface area contributed by atoms with Gasteiger partial charge in [-0.3, -0.25) is 4.79 Å². The van der Waals surface area contributed by atoms with E-state index in [0.29, 0.717) is 36.0 Å². The van der Waals surface area contributed by atoms with E-state index in [1.54, 1.807) is 16.3 Å². The van der Waals surface area contributed by atoms with Crippen molar-refractivity contribution in [2.24, 2.45) is 0 Å². The first-order valence-electron chi connectivity index (χ1n) is 7.59. The van der Waals surface area contributed by atoms with Crippen LogP contribution in [0.15, 0.2) is 17.1 Å². The fourth-order valence-electron chi connectivity index (χ4n) is 3.25. The maximum atomic E-state index is 14.8. The summed E-state index contributed by atoms with van der Waals surface area (Å²) in [5.74, 6) is 0.0239. The molecule has 2 aliphatic heterocycles. The molecule has 1 fully saturated rings. The zero-order chi connectivity index (χ0) is 17.0. The Morgan fingerprint density at radius 2 is 2.29 bits per heavy atom. The second kappa shape index (κ2) is 5.41. The van der Waals surface area contributed by atoms with Crippen molar-refractivity contribution in [1.82, 2.24) is 4.57 Å². The summed E-state index contributed by atoms with van der Waals surface area (Å²) >= 11 is 1.70. The Balaban J connectivity index is 2.11. The van der Waals surface area contributed by atoms with Crippen molar-refractivity contribution in [2.75, 3.05) is 29.7 Å². The SMILES string of the molecule is CC1COc2c(N3CCSC3)c(F)cc3c(=O)c(C(=O)O)cn1c23. The summed E-state index contributed by atoms with van der Waals surface area (Å²) in [4.78, 5) is 25.7. The molecule has 0 radical (unpaired) electrons. The number of carboxylic acids is 1. The molecular weight excluding hydrogens is 335 g/mol. The number of halogens is 1. The summed E-state index contributed by atoms with van der Waals surface area (Å²) in [6, 6.07) is 0.995. The summed E-state index contributed by atoms with van der Waals surface area (Å²) in [6.07, 6.45) is 1.34. The smallest absolute Gasteiger partial charge is 0.341 e. The lowest BCUT2D eigenvalue weighted by molar-refractivity contribution is 0.0694. The van der Waals surface area contributed by atoms with E-state index in [1.807, 2.05) is 11.8 Å². The second-order valence-corrected chi connectivity index (χ2v) is 7.05. The molecule has 126 valence electrons. The lowest BCUT2D eigenvalue weighted by atomic mass is 10.1. The minimum Gasteiger partial charge on any atom is -0.487 e. The van der Waals surface area contributed by atoms with Gasteiger partial charge in [0, 0.05) is 18.5 Å². The van der Waals surface area contributed by atoms with Crippen LogP contribution in [-0.2, 0) is 0 Å². The molecule has 1 N–H and O–H groups in total. The van der Waals surface area contributed by atoms with Gasteiger partial charge in [-0.05, 0) is 13.0 Å². The van der Waals surface area contributed by atoms with Gasteiger partial charge in [0.1, 0.15) is 17.9 Å². The molecule has 1 unspecified atom stereocenters. The average Bonchev–Trinajstić information content (AvgIpc) is 3.06. The molecule has 8 heteroatoms. The van der Waals surface area contributed by atoms with Crippen LogP contribution in [0, 0.1) is 5.82 Å². The van der Waals surface area contributed by atoms with E-state index in [2.05, 4.69) is 0 Å². The highest BCUT2D eigenvalue weighted by molar-refractivity contribution is 7.99. The standard InChI is InChI=1S/C16H15FN2O4S/c1-8-6-23-15-12-9(14(20)10(16(21)22)5-19(8)12)4-11(17)13(15)18-2-3-24-7-18/h4-5,8H,2-3,6-7H2,1H3,(H,21,22). The van der Waals surface area contributed by atoms with E-state index in [4.69, 9.17) is 4.74 Å². The van der Waals surface area contributed by atoms with Gasteiger partial charge in [0.05, 0.1) is 22.8 Å².